The molecule has 96 valence electrons. The molecule has 0 aliphatic heterocycles. The van der Waals surface area contributed by atoms with Crippen molar-refractivity contribution in [2.45, 2.75) is 6.54 Å². The summed E-state index contributed by atoms with van der Waals surface area (Å²) >= 11 is 5.90. The molecule has 0 spiro atoms. The molecule has 0 bridgehead atoms. The fourth-order valence-corrected chi connectivity index (χ4v) is 2.30. The van der Waals surface area contributed by atoms with E-state index in [1.165, 1.54) is 12.1 Å². The van der Waals surface area contributed by atoms with Gasteiger partial charge in [0, 0.05) is 12.7 Å². The summed E-state index contributed by atoms with van der Waals surface area (Å²) in [5, 5.41) is 1.57. The lowest BCUT2D eigenvalue weighted by Crippen LogP contribution is -1.99. The van der Waals surface area contributed by atoms with E-state index in [9.17, 15) is 4.39 Å². The van der Waals surface area contributed by atoms with Gasteiger partial charge in [-0.05, 0) is 47.3 Å². The summed E-state index contributed by atoms with van der Waals surface area (Å²) in [7, 11) is 0. The molecule has 2 N–H and O–H groups in total. The van der Waals surface area contributed by atoms with Crippen molar-refractivity contribution < 1.29 is 4.39 Å². The van der Waals surface area contributed by atoms with Crippen LogP contribution >= 0.6 is 11.6 Å². The average Bonchev–Trinajstić information content (AvgIpc) is 2.77. The maximum atomic E-state index is 13.3. The van der Waals surface area contributed by atoms with Gasteiger partial charge in [-0.3, -0.25) is 0 Å². The van der Waals surface area contributed by atoms with E-state index in [1.54, 1.807) is 12.1 Å². The molecule has 0 saturated carbocycles. The number of fused-ring (bicyclic) bond motifs is 1. The first-order chi connectivity index (χ1) is 9.13. The highest BCUT2D eigenvalue weighted by Gasteiger charge is 2.04. The summed E-state index contributed by atoms with van der Waals surface area (Å²) < 4.78 is 15.3. The minimum absolute atomic E-state index is 0.233. The molecular weight excluding hydrogens is 263 g/mol. The quantitative estimate of drug-likeness (QED) is 0.702. The Morgan fingerprint density at radius 2 is 1.95 bits per heavy atom. The van der Waals surface area contributed by atoms with E-state index in [1.807, 2.05) is 29.0 Å². The largest absolute Gasteiger partial charge is 0.398 e. The molecule has 0 aliphatic carbocycles. The summed E-state index contributed by atoms with van der Waals surface area (Å²) in [5.74, 6) is -0.233. The number of nitrogens with zero attached hydrogens (tertiary/aromatic N) is 1. The monoisotopic (exact) mass is 274 g/mol. The second-order valence-electron chi connectivity index (χ2n) is 4.50. The average molecular weight is 275 g/mol. The number of hydrogen-bond acceptors (Lipinski definition) is 1. The maximum Gasteiger partial charge on any atom is 0.125 e. The Kier molecular flexibility index (Phi) is 2.91. The SMILES string of the molecule is Nc1cc(Cn2ccc3ccc(F)cc32)ccc1Cl. The molecule has 3 rings (SSSR count). The third-order valence-corrected chi connectivity index (χ3v) is 3.49. The molecular formula is C15H12ClFN2. The molecule has 1 heterocycles. The van der Waals surface area contributed by atoms with E-state index >= 15 is 0 Å². The number of nitrogen functional groups attached to an aromatic ring is 1. The van der Waals surface area contributed by atoms with Crippen LogP contribution < -0.4 is 5.73 Å². The molecule has 0 aliphatic rings. The summed E-state index contributed by atoms with van der Waals surface area (Å²) in [6.07, 6.45) is 1.94. The van der Waals surface area contributed by atoms with Crippen molar-refractivity contribution in [2.75, 3.05) is 5.73 Å². The van der Waals surface area contributed by atoms with Gasteiger partial charge >= 0.3 is 0 Å². The third-order valence-electron chi connectivity index (χ3n) is 3.15. The zero-order valence-corrected chi connectivity index (χ0v) is 10.9. The summed E-state index contributed by atoms with van der Waals surface area (Å²) in [6, 6.07) is 12.3. The van der Waals surface area contributed by atoms with Crippen LogP contribution in [0.3, 0.4) is 0 Å². The van der Waals surface area contributed by atoms with E-state index in [0.717, 1.165) is 16.5 Å². The lowest BCUT2D eigenvalue weighted by molar-refractivity contribution is 0.628. The summed E-state index contributed by atoms with van der Waals surface area (Å²) in [6.45, 7) is 0.633. The minimum atomic E-state index is -0.233. The Morgan fingerprint density at radius 1 is 1.11 bits per heavy atom. The maximum absolute atomic E-state index is 13.3. The molecule has 19 heavy (non-hydrogen) atoms. The summed E-state index contributed by atoms with van der Waals surface area (Å²) in [5.41, 5.74) is 8.24. The van der Waals surface area contributed by atoms with Crippen molar-refractivity contribution in [1.29, 1.82) is 0 Å². The van der Waals surface area contributed by atoms with Gasteiger partial charge in [-0.25, -0.2) is 4.39 Å². The predicted octanol–water partition coefficient (Wildman–Crippen LogP) is 4.06. The van der Waals surface area contributed by atoms with Crippen LogP contribution in [0.2, 0.25) is 5.02 Å². The fourth-order valence-electron chi connectivity index (χ4n) is 2.18. The van der Waals surface area contributed by atoms with Gasteiger partial charge < -0.3 is 10.3 Å². The number of benzene rings is 2. The Balaban J connectivity index is 2.00. The molecule has 2 aromatic carbocycles. The topological polar surface area (TPSA) is 30.9 Å². The highest BCUT2D eigenvalue weighted by atomic mass is 35.5. The fraction of sp³-hybridized carbons (Fsp3) is 0.0667. The molecule has 0 saturated heterocycles. The van der Waals surface area contributed by atoms with Crippen molar-refractivity contribution in [3.63, 3.8) is 0 Å². The number of halogens is 2. The Morgan fingerprint density at radius 3 is 2.74 bits per heavy atom. The van der Waals surface area contributed by atoms with Gasteiger partial charge in [0.2, 0.25) is 0 Å². The van der Waals surface area contributed by atoms with Crippen LogP contribution in [0.5, 0.6) is 0 Å². The van der Waals surface area contributed by atoms with Gasteiger partial charge in [-0.2, -0.15) is 0 Å². The highest BCUT2D eigenvalue weighted by Crippen LogP contribution is 2.22. The van der Waals surface area contributed by atoms with Gasteiger partial charge in [0.05, 0.1) is 16.2 Å². The van der Waals surface area contributed by atoms with Crippen molar-refractivity contribution in [2.24, 2.45) is 0 Å². The predicted molar refractivity (Wildman–Crippen MR) is 76.9 cm³/mol. The highest BCUT2D eigenvalue weighted by molar-refractivity contribution is 6.33. The van der Waals surface area contributed by atoms with E-state index in [2.05, 4.69) is 0 Å². The molecule has 1 aromatic heterocycles. The van der Waals surface area contributed by atoms with E-state index in [-0.39, 0.29) is 5.82 Å². The Hall–Kier alpha value is -2.00. The van der Waals surface area contributed by atoms with Crippen LogP contribution in [0.15, 0.2) is 48.7 Å². The molecule has 0 radical (unpaired) electrons. The summed E-state index contributed by atoms with van der Waals surface area (Å²) in [4.78, 5) is 0. The lowest BCUT2D eigenvalue weighted by Gasteiger charge is -2.07. The van der Waals surface area contributed by atoms with Gasteiger partial charge in [0.1, 0.15) is 5.82 Å². The molecule has 2 nitrogen and oxygen atoms in total. The van der Waals surface area contributed by atoms with Gasteiger partial charge in [-0.1, -0.05) is 17.7 Å². The zero-order valence-electron chi connectivity index (χ0n) is 10.1. The third kappa shape index (κ3) is 2.29. The van der Waals surface area contributed by atoms with E-state index in [0.29, 0.717) is 17.3 Å². The van der Waals surface area contributed by atoms with Crippen LogP contribution in [0.4, 0.5) is 10.1 Å². The molecule has 0 atom stereocenters. The molecule has 3 aromatic rings. The molecule has 0 amide bonds. The van der Waals surface area contributed by atoms with Crippen molar-refractivity contribution in [3.05, 3.63) is 65.1 Å². The molecule has 0 unspecified atom stereocenters. The zero-order chi connectivity index (χ0) is 13.4. The van der Waals surface area contributed by atoms with E-state index < -0.39 is 0 Å². The van der Waals surface area contributed by atoms with Crippen LogP contribution in [0.1, 0.15) is 5.56 Å². The number of aromatic nitrogens is 1. The van der Waals surface area contributed by atoms with Gasteiger partial charge in [-0.15, -0.1) is 0 Å². The van der Waals surface area contributed by atoms with Crippen LogP contribution in [-0.4, -0.2) is 4.57 Å². The normalized spacial score (nSPS) is 11.1. The molecule has 0 fully saturated rings. The first-order valence-corrected chi connectivity index (χ1v) is 6.29. The number of hydrogen-bond donors (Lipinski definition) is 1. The number of rotatable bonds is 2. The van der Waals surface area contributed by atoms with Crippen molar-refractivity contribution in [1.82, 2.24) is 4.57 Å². The minimum Gasteiger partial charge on any atom is -0.398 e. The standard InChI is InChI=1S/C15H12ClFN2/c16-13-4-1-10(7-14(13)18)9-19-6-5-11-2-3-12(17)8-15(11)19/h1-8H,9,18H2. The first kappa shape index (κ1) is 12.1. The molecule has 4 heteroatoms. The van der Waals surface area contributed by atoms with Crippen LogP contribution in [-0.2, 0) is 6.54 Å². The van der Waals surface area contributed by atoms with Crippen molar-refractivity contribution in [3.8, 4) is 0 Å². The Bertz CT molecular complexity index is 749. The van der Waals surface area contributed by atoms with Gasteiger partial charge in [0.25, 0.3) is 0 Å². The number of nitrogens with two attached hydrogens (primary N) is 1. The van der Waals surface area contributed by atoms with Gasteiger partial charge in [0.15, 0.2) is 0 Å². The number of anilines is 1. The smallest absolute Gasteiger partial charge is 0.125 e. The van der Waals surface area contributed by atoms with Crippen LogP contribution in [0, 0.1) is 5.82 Å². The van der Waals surface area contributed by atoms with Crippen molar-refractivity contribution >= 4 is 28.2 Å². The second-order valence-corrected chi connectivity index (χ2v) is 4.91. The van der Waals surface area contributed by atoms with Crippen LogP contribution in [0.25, 0.3) is 10.9 Å². The lowest BCUT2D eigenvalue weighted by atomic mass is 10.2. The first-order valence-electron chi connectivity index (χ1n) is 5.92. The van der Waals surface area contributed by atoms with E-state index in [4.69, 9.17) is 17.3 Å². The Labute approximate surface area is 115 Å². The second kappa shape index (κ2) is 4.59.